The van der Waals surface area contributed by atoms with E-state index in [4.69, 9.17) is 10.5 Å². The number of carbonyl (C=O) groups excluding carboxylic acids is 2. The molecule has 8 nitrogen and oxygen atoms in total. The molecule has 8 heteroatoms. The topological polar surface area (TPSA) is 108 Å². The van der Waals surface area contributed by atoms with Gasteiger partial charge in [-0.3, -0.25) is 19.6 Å². The maximum absolute atomic E-state index is 12.9. The summed E-state index contributed by atoms with van der Waals surface area (Å²) in [6.45, 7) is 0.0531. The van der Waals surface area contributed by atoms with Crippen LogP contribution in [0.3, 0.4) is 0 Å². The van der Waals surface area contributed by atoms with Crippen LogP contribution in [0.15, 0.2) is 65.5 Å². The molecular weight excluding hydrogens is 360 g/mol. The van der Waals surface area contributed by atoms with Gasteiger partial charge >= 0.3 is 6.09 Å². The van der Waals surface area contributed by atoms with Crippen molar-refractivity contribution in [3.8, 4) is 5.69 Å². The Bertz CT molecular complexity index is 1040. The summed E-state index contributed by atoms with van der Waals surface area (Å²) >= 11 is 0. The van der Waals surface area contributed by atoms with Crippen LogP contribution in [-0.4, -0.2) is 21.4 Å². The fourth-order valence-corrected chi connectivity index (χ4v) is 2.86. The number of nitrogens with zero attached hydrogens (tertiary/aromatic N) is 2. The number of amides is 2. The second-order valence-electron chi connectivity index (χ2n) is 6.13. The first-order valence-electron chi connectivity index (χ1n) is 8.59. The molecule has 0 radical (unpaired) electrons. The molecule has 0 saturated heterocycles. The molecule has 144 valence electrons. The highest BCUT2D eigenvalue weighted by molar-refractivity contribution is 5.87. The Morgan fingerprint density at radius 3 is 2.25 bits per heavy atom. The Kier molecular flexibility index (Phi) is 5.59. The third-order valence-electron chi connectivity index (χ3n) is 4.17. The van der Waals surface area contributed by atoms with Gasteiger partial charge in [-0.2, -0.15) is 0 Å². The minimum absolute atomic E-state index is 0.0387. The first kappa shape index (κ1) is 19.0. The highest BCUT2D eigenvalue weighted by atomic mass is 16.5. The molecule has 0 unspecified atom stereocenters. The molecule has 0 atom stereocenters. The number of hydrogen-bond donors (Lipinski definition) is 2. The summed E-state index contributed by atoms with van der Waals surface area (Å²) < 4.78 is 8.03. The van der Waals surface area contributed by atoms with Crippen LogP contribution in [0.25, 0.3) is 5.69 Å². The lowest BCUT2D eigenvalue weighted by Crippen LogP contribution is -2.23. The van der Waals surface area contributed by atoms with Crippen LogP contribution in [0.1, 0.15) is 11.3 Å². The highest BCUT2D eigenvalue weighted by Crippen LogP contribution is 2.16. The fraction of sp³-hybridized carbons (Fsp3) is 0.150. The molecule has 0 saturated carbocycles. The predicted molar refractivity (Wildman–Crippen MR) is 104 cm³/mol. The lowest BCUT2D eigenvalue weighted by molar-refractivity contribution is -0.117. The van der Waals surface area contributed by atoms with Gasteiger partial charge in [0, 0.05) is 7.05 Å². The van der Waals surface area contributed by atoms with Gasteiger partial charge in [0.25, 0.3) is 5.56 Å². The van der Waals surface area contributed by atoms with E-state index >= 15 is 0 Å². The predicted octanol–water partition coefficient (Wildman–Crippen LogP) is 1.95. The van der Waals surface area contributed by atoms with Gasteiger partial charge in [-0.25, -0.2) is 9.48 Å². The summed E-state index contributed by atoms with van der Waals surface area (Å²) in [5, 5.41) is 2.46. The van der Waals surface area contributed by atoms with E-state index in [2.05, 4.69) is 5.32 Å². The zero-order valence-electron chi connectivity index (χ0n) is 15.3. The Morgan fingerprint density at radius 2 is 1.64 bits per heavy atom. The van der Waals surface area contributed by atoms with Gasteiger partial charge < -0.3 is 10.5 Å². The van der Waals surface area contributed by atoms with Crippen molar-refractivity contribution in [3.05, 3.63) is 82.3 Å². The molecule has 0 aliphatic rings. The maximum atomic E-state index is 12.9. The van der Waals surface area contributed by atoms with E-state index in [1.54, 1.807) is 31.3 Å². The van der Waals surface area contributed by atoms with E-state index in [-0.39, 0.29) is 24.4 Å². The van der Waals surface area contributed by atoms with Gasteiger partial charge in [0.1, 0.15) is 12.3 Å². The number of carbonyl (C=O) groups is 2. The van der Waals surface area contributed by atoms with E-state index in [0.717, 1.165) is 5.56 Å². The zero-order valence-corrected chi connectivity index (χ0v) is 15.3. The maximum Gasteiger partial charge on any atom is 0.412 e. The lowest BCUT2D eigenvalue weighted by Gasteiger charge is -2.09. The molecule has 2 aromatic carbocycles. The number of benzene rings is 2. The second-order valence-corrected chi connectivity index (χ2v) is 6.13. The number of primary amides is 1. The van der Waals surface area contributed by atoms with Crippen molar-refractivity contribution in [1.82, 2.24) is 9.36 Å². The monoisotopic (exact) mass is 380 g/mol. The van der Waals surface area contributed by atoms with Gasteiger partial charge in [-0.05, 0) is 17.7 Å². The van der Waals surface area contributed by atoms with Crippen molar-refractivity contribution in [3.63, 3.8) is 0 Å². The molecular formula is C20H20N4O4. The molecule has 0 aliphatic carbocycles. The van der Waals surface area contributed by atoms with E-state index in [0.29, 0.717) is 5.69 Å². The van der Waals surface area contributed by atoms with E-state index in [9.17, 15) is 14.4 Å². The summed E-state index contributed by atoms with van der Waals surface area (Å²) in [6, 6.07) is 18.0. The first-order chi connectivity index (χ1) is 13.5. The second kappa shape index (κ2) is 8.26. The number of hydrogen-bond acceptors (Lipinski definition) is 4. The van der Waals surface area contributed by atoms with Gasteiger partial charge in [-0.1, -0.05) is 48.5 Å². The lowest BCUT2D eigenvalue weighted by atomic mass is 10.2. The van der Waals surface area contributed by atoms with E-state index in [1.807, 2.05) is 36.4 Å². The minimum Gasteiger partial charge on any atom is -0.444 e. The molecule has 1 heterocycles. The van der Waals surface area contributed by atoms with Crippen molar-refractivity contribution in [2.24, 2.45) is 12.8 Å². The quantitative estimate of drug-likeness (QED) is 0.681. The Labute approximate surface area is 161 Å². The van der Waals surface area contributed by atoms with Crippen LogP contribution in [-0.2, 0) is 29.6 Å². The molecule has 3 N–H and O–H groups in total. The smallest absolute Gasteiger partial charge is 0.412 e. The molecule has 0 bridgehead atoms. The SMILES string of the molecule is Cn1c(CC(N)=O)c(NC(=O)OCc2ccccc2)c(=O)n1-c1ccccc1. The number of nitrogens with one attached hydrogen (secondary N) is 1. The average molecular weight is 380 g/mol. The largest absolute Gasteiger partial charge is 0.444 e. The van der Waals surface area contributed by atoms with Crippen LogP contribution < -0.4 is 16.6 Å². The van der Waals surface area contributed by atoms with Crippen LogP contribution in [0.5, 0.6) is 0 Å². The molecule has 0 spiro atoms. The van der Waals surface area contributed by atoms with Crippen molar-refractivity contribution in [1.29, 1.82) is 0 Å². The molecule has 3 rings (SSSR count). The summed E-state index contributed by atoms with van der Waals surface area (Å²) in [4.78, 5) is 36.6. The number of nitrogens with two attached hydrogens (primary N) is 1. The van der Waals surface area contributed by atoms with E-state index < -0.39 is 17.6 Å². The molecule has 28 heavy (non-hydrogen) atoms. The van der Waals surface area contributed by atoms with E-state index in [1.165, 1.54) is 9.36 Å². The molecule has 0 aliphatic heterocycles. The Balaban J connectivity index is 1.89. The van der Waals surface area contributed by atoms with Crippen LogP contribution in [0, 0.1) is 0 Å². The van der Waals surface area contributed by atoms with Crippen LogP contribution in [0.4, 0.5) is 10.5 Å². The molecule has 1 aromatic heterocycles. The third kappa shape index (κ3) is 4.12. The molecule has 2 amide bonds. The molecule has 3 aromatic rings. The minimum atomic E-state index is -0.794. The number of rotatable bonds is 6. The van der Waals surface area contributed by atoms with Gasteiger partial charge in [0.05, 0.1) is 17.8 Å². The zero-order chi connectivity index (χ0) is 20.1. The van der Waals surface area contributed by atoms with Crippen molar-refractivity contribution >= 4 is 17.7 Å². The van der Waals surface area contributed by atoms with Crippen molar-refractivity contribution < 1.29 is 14.3 Å². The summed E-state index contributed by atoms with van der Waals surface area (Å²) in [7, 11) is 1.62. The summed E-state index contributed by atoms with van der Waals surface area (Å²) in [5.41, 5.74) is 6.48. The summed E-state index contributed by atoms with van der Waals surface area (Å²) in [6.07, 6.45) is -1.00. The normalized spacial score (nSPS) is 10.5. The van der Waals surface area contributed by atoms with Crippen molar-refractivity contribution in [2.75, 3.05) is 5.32 Å². The first-order valence-corrected chi connectivity index (χ1v) is 8.59. The van der Waals surface area contributed by atoms with Crippen LogP contribution in [0.2, 0.25) is 0 Å². The van der Waals surface area contributed by atoms with Gasteiger partial charge in [0.15, 0.2) is 0 Å². The average Bonchev–Trinajstić information content (AvgIpc) is 2.91. The molecule has 0 fully saturated rings. The number of para-hydroxylation sites is 1. The third-order valence-corrected chi connectivity index (χ3v) is 4.17. The van der Waals surface area contributed by atoms with Crippen molar-refractivity contribution in [2.45, 2.75) is 13.0 Å². The highest BCUT2D eigenvalue weighted by Gasteiger charge is 2.22. The fourth-order valence-electron chi connectivity index (χ4n) is 2.86. The Hall–Kier alpha value is -3.81. The summed E-state index contributed by atoms with van der Waals surface area (Å²) in [5.74, 6) is -0.624. The number of aromatic nitrogens is 2. The Morgan fingerprint density at radius 1 is 1.04 bits per heavy atom. The van der Waals surface area contributed by atoms with Gasteiger partial charge in [0.2, 0.25) is 5.91 Å². The number of anilines is 1. The number of ether oxygens (including phenoxy) is 1. The van der Waals surface area contributed by atoms with Crippen LogP contribution >= 0.6 is 0 Å². The van der Waals surface area contributed by atoms with Gasteiger partial charge in [-0.15, -0.1) is 0 Å². The standard InChI is InChI=1S/C20H20N4O4/c1-23-16(12-17(21)25)18(19(26)24(23)15-10-6-3-7-11-15)22-20(27)28-13-14-8-4-2-5-9-14/h2-11H,12-13H2,1H3,(H2,21,25)(H,22,27).